The minimum atomic E-state index is -3.56. The van der Waals surface area contributed by atoms with Gasteiger partial charge in [-0.25, -0.2) is 13.7 Å². The van der Waals surface area contributed by atoms with Crippen LogP contribution >= 0.6 is 11.6 Å². The van der Waals surface area contributed by atoms with Crippen molar-refractivity contribution in [1.29, 1.82) is 0 Å². The number of ether oxygens (including phenoxy) is 3. The van der Waals surface area contributed by atoms with Gasteiger partial charge in [0.15, 0.2) is 0 Å². The van der Waals surface area contributed by atoms with Crippen LogP contribution in [-0.4, -0.2) is 48.3 Å². The molecule has 1 heterocycles. The first-order valence-electron chi connectivity index (χ1n) is 18.0. The Hall–Kier alpha value is -4.12. The van der Waals surface area contributed by atoms with Crippen molar-refractivity contribution in [3.8, 4) is 5.75 Å². The summed E-state index contributed by atoms with van der Waals surface area (Å²) in [7, 11) is -1.84. The molecule has 1 aliphatic carbocycles. The molecule has 1 aliphatic heterocycles. The summed E-state index contributed by atoms with van der Waals surface area (Å²) in [6, 6.07) is 20.4. The van der Waals surface area contributed by atoms with Gasteiger partial charge in [0.05, 0.1) is 24.2 Å². The number of carbonyl (C=O) groups excluding carboxylic acids is 2. The van der Waals surface area contributed by atoms with Gasteiger partial charge in [-0.2, -0.15) is 0 Å². The normalized spacial score (nSPS) is 19.4. The molecule has 0 saturated heterocycles. The summed E-state index contributed by atoms with van der Waals surface area (Å²) in [5.74, 6) is 0.520. The largest absolute Gasteiger partial charge is 0.491 e. The number of rotatable bonds is 13. The number of nitrogens with zero attached hydrogens (tertiary/aromatic N) is 2. The van der Waals surface area contributed by atoms with E-state index in [0.29, 0.717) is 55.1 Å². The van der Waals surface area contributed by atoms with Crippen molar-refractivity contribution in [3.05, 3.63) is 119 Å². The zero-order chi connectivity index (χ0) is 37.1. The quantitative estimate of drug-likeness (QED) is 0.137. The highest BCUT2D eigenvalue weighted by molar-refractivity contribution is 7.92. The van der Waals surface area contributed by atoms with E-state index in [1.54, 1.807) is 38.3 Å². The number of hydrogen-bond donors (Lipinski definition) is 1. The van der Waals surface area contributed by atoms with Crippen LogP contribution in [0.2, 0.25) is 5.02 Å². The molecular formula is C41H50ClN3O6S. The summed E-state index contributed by atoms with van der Waals surface area (Å²) in [5, 5.41) is 0.697. The molecule has 0 aromatic heterocycles. The second kappa shape index (κ2) is 18.6. The Morgan fingerprint density at radius 2 is 1.90 bits per heavy atom. The molecule has 2 amide bonds. The Balaban J connectivity index is 1.49. The van der Waals surface area contributed by atoms with Crippen molar-refractivity contribution in [2.24, 2.45) is 16.2 Å². The van der Waals surface area contributed by atoms with E-state index in [1.165, 1.54) is 5.56 Å². The molecule has 5 rings (SSSR count). The molecule has 1 saturated carbocycles. The van der Waals surface area contributed by atoms with Crippen LogP contribution in [0.1, 0.15) is 78.6 Å². The number of halogens is 1. The zero-order valence-corrected chi connectivity index (χ0v) is 31.7. The predicted molar refractivity (Wildman–Crippen MR) is 208 cm³/mol. The fourth-order valence-corrected chi connectivity index (χ4v) is 8.55. The molecule has 52 heavy (non-hydrogen) atoms. The number of nitrogens with one attached hydrogen (secondary N) is 1. The molecule has 0 bridgehead atoms. The van der Waals surface area contributed by atoms with Gasteiger partial charge < -0.3 is 19.1 Å². The number of allylic oxidation sites excluding steroid dienone is 1. The highest BCUT2D eigenvalue weighted by Crippen LogP contribution is 2.42. The van der Waals surface area contributed by atoms with Crippen LogP contribution < -0.4 is 14.4 Å². The minimum absolute atomic E-state index is 0.0495. The maximum Gasteiger partial charge on any atom is 0.420 e. The van der Waals surface area contributed by atoms with Gasteiger partial charge in [-0.3, -0.25) is 4.79 Å². The van der Waals surface area contributed by atoms with Gasteiger partial charge in [-0.05, 0) is 111 Å². The number of hydrogen-bond acceptors (Lipinski definition) is 7. The lowest BCUT2D eigenvalue weighted by Gasteiger charge is -2.43. The molecule has 5 atom stereocenters. The Bertz CT molecular complexity index is 1840. The van der Waals surface area contributed by atoms with Crippen molar-refractivity contribution in [2.45, 2.75) is 70.6 Å². The van der Waals surface area contributed by atoms with Gasteiger partial charge in [0.25, 0.3) is 5.91 Å². The van der Waals surface area contributed by atoms with Crippen LogP contribution in [0.5, 0.6) is 5.75 Å². The average Bonchev–Trinajstić information content (AvgIpc) is 3.15. The molecule has 0 radical (unpaired) electrons. The molecule has 11 heteroatoms. The zero-order valence-electron chi connectivity index (χ0n) is 30.1. The van der Waals surface area contributed by atoms with Crippen molar-refractivity contribution in [2.75, 3.05) is 30.9 Å². The van der Waals surface area contributed by atoms with E-state index in [2.05, 4.69) is 33.2 Å². The maximum atomic E-state index is 14.2. The Labute approximate surface area is 313 Å². The van der Waals surface area contributed by atoms with Crippen LogP contribution in [0.3, 0.4) is 0 Å². The third-order valence-electron chi connectivity index (χ3n) is 9.89. The highest BCUT2D eigenvalue weighted by Gasteiger charge is 2.37. The molecule has 9 nitrogen and oxygen atoms in total. The number of fused-ring (bicyclic) bond motifs is 2. The van der Waals surface area contributed by atoms with Crippen molar-refractivity contribution in [3.63, 3.8) is 0 Å². The van der Waals surface area contributed by atoms with Crippen LogP contribution in [0, 0.1) is 11.8 Å². The lowest BCUT2D eigenvalue weighted by Crippen LogP contribution is -2.43. The summed E-state index contributed by atoms with van der Waals surface area (Å²) in [6.07, 6.45) is 7.65. The molecule has 2 aliphatic rings. The van der Waals surface area contributed by atoms with E-state index in [9.17, 15) is 13.8 Å². The maximum absolute atomic E-state index is 14.2. The lowest BCUT2D eigenvalue weighted by molar-refractivity contribution is 0.0137. The number of carbonyl (C=O) groups is 2. The molecule has 1 unspecified atom stereocenters. The summed E-state index contributed by atoms with van der Waals surface area (Å²) in [6.45, 7) is 11.2. The second-order valence-corrected chi connectivity index (χ2v) is 16.0. The number of amides is 2. The Morgan fingerprint density at radius 3 is 2.62 bits per heavy atom. The fraction of sp³-hybridized carbons (Fsp3) is 0.415. The van der Waals surface area contributed by atoms with Gasteiger partial charge in [-0.1, -0.05) is 60.2 Å². The summed E-state index contributed by atoms with van der Waals surface area (Å²) in [5.41, 5.74) is 4.09. The number of methoxy groups -OCH3 is 1. The third-order valence-corrected chi connectivity index (χ3v) is 11.9. The smallest absolute Gasteiger partial charge is 0.420 e. The van der Waals surface area contributed by atoms with Crippen LogP contribution in [0.15, 0.2) is 96.4 Å². The van der Waals surface area contributed by atoms with E-state index < -0.39 is 28.0 Å². The van der Waals surface area contributed by atoms with Crippen molar-refractivity contribution >= 4 is 39.2 Å². The molecule has 3 aromatic carbocycles. The first-order chi connectivity index (χ1) is 25.1. The minimum Gasteiger partial charge on any atom is -0.491 e. The van der Waals surface area contributed by atoms with Crippen molar-refractivity contribution < 1.29 is 28.0 Å². The molecule has 278 valence electrons. The summed E-state index contributed by atoms with van der Waals surface area (Å²) in [4.78, 5) is 29.2. The SMILES string of the molecule is C=CCCCS(=O)(=NC(=O)c1ccc2c(c1)N(C[C@@H]1CC[C@H]1[C@H](C=C)OC)Cc1ccc(Cl)cc1CCCCO2)NC(=O)O[C@@H](C)c1ccccc1. The highest BCUT2D eigenvalue weighted by atomic mass is 35.5. The topological polar surface area (TPSA) is 107 Å². The van der Waals surface area contributed by atoms with Gasteiger partial charge in [0.1, 0.15) is 21.8 Å². The molecule has 1 N–H and O–H groups in total. The molecular weight excluding hydrogens is 698 g/mol. The number of aryl methyl sites for hydroxylation is 1. The number of anilines is 1. The first-order valence-corrected chi connectivity index (χ1v) is 20.1. The third kappa shape index (κ3) is 10.3. The Morgan fingerprint density at radius 1 is 1.10 bits per heavy atom. The van der Waals surface area contributed by atoms with Gasteiger partial charge in [-0.15, -0.1) is 17.5 Å². The van der Waals surface area contributed by atoms with Crippen LogP contribution in [-0.2, 0) is 32.4 Å². The number of benzene rings is 3. The second-order valence-electron chi connectivity index (χ2n) is 13.5. The molecule has 1 fully saturated rings. The van der Waals surface area contributed by atoms with Gasteiger partial charge >= 0.3 is 6.09 Å². The van der Waals surface area contributed by atoms with E-state index in [-0.39, 0.29) is 17.4 Å². The molecule has 0 spiro atoms. The fourth-order valence-electron chi connectivity index (χ4n) is 6.87. The average molecular weight is 748 g/mol. The van der Waals surface area contributed by atoms with E-state index in [0.717, 1.165) is 48.9 Å². The summed E-state index contributed by atoms with van der Waals surface area (Å²) >= 11 is 6.46. The standard InChI is InChI=1S/C41H50ClN3O6S/c1-5-7-13-24-52(48,44-41(47)51-29(3)30-14-9-8-10-15-30)43-40(46)32-19-22-39-37(26-32)45(28-34-18-21-36(34)38(6-2)49-4)27-33-17-20-35(42)25-31(33)16-11-12-23-50-39/h5-6,8-10,14-15,17,19-20,22,25-26,29,34,36,38H,1-2,7,11-13,16,18,21,23-24,27-28H2,3-4H3,(H,43,44,46,47,48)/t29-,34-,36+,38-,52?/m0/s1. The van der Waals surface area contributed by atoms with E-state index in [4.69, 9.17) is 25.8 Å². The molecule has 3 aromatic rings. The predicted octanol–water partition coefficient (Wildman–Crippen LogP) is 9.27. The van der Waals surface area contributed by atoms with Gasteiger partial charge in [0.2, 0.25) is 0 Å². The van der Waals surface area contributed by atoms with Gasteiger partial charge in [0, 0.05) is 30.8 Å². The first kappa shape index (κ1) is 39.1. The Kier molecular flexibility index (Phi) is 14.0. The van der Waals surface area contributed by atoms with Crippen LogP contribution in [0.25, 0.3) is 0 Å². The monoisotopic (exact) mass is 747 g/mol. The van der Waals surface area contributed by atoms with E-state index in [1.807, 2.05) is 48.5 Å². The van der Waals surface area contributed by atoms with Crippen molar-refractivity contribution in [1.82, 2.24) is 4.72 Å². The lowest BCUT2D eigenvalue weighted by atomic mass is 9.70. The summed E-state index contributed by atoms with van der Waals surface area (Å²) < 4.78 is 38.4. The van der Waals surface area contributed by atoms with E-state index >= 15 is 0 Å². The number of unbranched alkanes of at least 4 members (excludes halogenated alkanes) is 1. The van der Waals surface area contributed by atoms with Crippen LogP contribution in [0.4, 0.5) is 10.5 Å².